The lowest BCUT2D eigenvalue weighted by Gasteiger charge is -2.41. The number of fused-ring (bicyclic) bond motifs is 1. The number of carbonyl (C=O) groups excluding carboxylic acids is 1. The van der Waals surface area contributed by atoms with Gasteiger partial charge in [-0.05, 0) is 25.1 Å². The Labute approximate surface area is 240 Å². The lowest BCUT2D eigenvalue weighted by molar-refractivity contribution is -0.282. The Balaban J connectivity index is 1.59. The van der Waals surface area contributed by atoms with Crippen LogP contribution in [-0.4, -0.2) is 101 Å². The SMILES string of the molecule is CC(O)(CC(=O)O)CC(=O)O[C@H]1[C@H](O)[C@@H](O)[C@H](Oc2cc3oc(-c4ccc(O)c(O)c4)cc(=O)c3c(O)c2O)O[C@@H]1CO. The van der Waals surface area contributed by atoms with Gasteiger partial charge in [0.05, 0.1) is 25.0 Å². The van der Waals surface area contributed by atoms with Crippen LogP contribution in [0.2, 0.25) is 0 Å². The second-order valence-corrected chi connectivity index (χ2v) is 10.1. The zero-order valence-electron chi connectivity index (χ0n) is 22.3. The van der Waals surface area contributed by atoms with Gasteiger partial charge >= 0.3 is 11.9 Å². The minimum absolute atomic E-state index is 0.111. The van der Waals surface area contributed by atoms with Gasteiger partial charge in [-0.3, -0.25) is 14.4 Å². The van der Waals surface area contributed by atoms with Crippen molar-refractivity contribution in [1.82, 2.24) is 0 Å². The number of benzene rings is 2. The summed E-state index contributed by atoms with van der Waals surface area (Å²) in [5.74, 6) is -6.16. The Morgan fingerprint density at radius 3 is 2.30 bits per heavy atom. The van der Waals surface area contributed by atoms with Gasteiger partial charge in [0.2, 0.25) is 12.0 Å². The summed E-state index contributed by atoms with van der Waals surface area (Å²) in [5, 5.41) is 90.0. The standard InChI is InChI=1S/C27H28O16/c1-27(39,7-18(32)33)8-19(34)43-25-17(9-28)42-26(24(38)23(25)37)41-16-6-15-20(22(36)21(16)35)13(31)5-14(40-15)10-2-3-11(29)12(30)4-10/h2-6,17,23-26,28-30,35-39H,7-9H2,1H3,(H,32,33)/t17-,23-,24-,25-,26-,27?/m1/s1. The minimum Gasteiger partial charge on any atom is -0.504 e. The fourth-order valence-electron chi connectivity index (χ4n) is 4.49. The summed E-state index contributed by atoms with van der Waals surface area (Å²) in [6, 6.07) is 5.51. The average Bonchev–Trinajstić information content (AvgIpc) is 2.91. The van der Waals surface area contributed by atoms with Gasteiger partial charge in [0.25, 0.3) is 0 Å². The summed E-state index contributed by atoms with van der Waals surface area (Å²) in [5.41, 5.74) is -2.98. The molecule has 16 nitrogen and oxygen atoms in total. The molecule has 43 heavy (non-hydrogen) atoms. The van der Waals surface area contributed by atoms with Crippen LogP contribution >= 0.6 is 0 Å². The van der Waals surface area contributed by atoms with Crippen LogP contribution in [0.3, 0.4) is 0 Å². The number of hydrogen-bond donors (Lipinski definition) is 9. The van der Waals surface area contributed by atoms with Gasteiger partial charge in [0.1, 0.15) is 35.0 Å². The maximum Gasteiger partial charge on any atom is 0.309 e. The zero-order chi connectivity index (χ0) is 31.8. The second-order valence-electron chi connectivity index (χ2n) is 10.1. The molecule has 16 heteroatoms. The Kier molecular flexibility index (Phi) is 8.70. The van der Waals surface area contributed by atoms with Gasteiger partial charge in [-0.1, -0.05) is 0 Å². The van der Waals surface area contributed by atoms with E-state index >= 15 is 0 Å². The Morgan fingerprint density at radius 1 is 0.977 bits per heavy atom. The van der Waals surface area contributed by atoms with Crippen molar-refractivity contribution in [3.63, 3.8) is 0 Å². The van der Waals surface area contributed by atoms with Crippen LogP contribution in [0, 0.1) is 0 Å². The van der Waals surface area contributed by atoms with Crippen LogP contribution in [0.25, 0.3) is 22.3 Å². The van der Waals surface area contributed by atoms with E-state index in [4.69, 9.17) is 23.7 Å². The number of aliphatic carboxylic acids is 1. The molecule has 0 bridgehead atoms. The van der Waals surface area contributed by atoms with Gasteiger partial charge < -0.3 is 64.6 Å². The van der Waals surface area contributed by atoms with E-state index in [0.717, 1.165) is 31.2 Å². The molecule has 3 aromatic rings. The molecule has 0 amide bonds. The van der Waals surface area contributed by atoms with Crippen molar-refractivity contribution < 1.29 is 74.2 Å². The van der Waals surface area contributed by atoms with E-state index in [1.807, 2.05) is 0 Å². The van der Waals surface area contributed by atoms with Crippen LogP contribution in [-0.2, 0) is 19.1 Å². The number of phenols is 4. The zero-order valence-corrected chi connectivity index (χ0v) is 22.3. The molecule has 1 aromatic heterocycles. The molecule has 0 saturated carbocycles. The fraction of sp³-hybridized carbons (Fsp3) is 0.370. The average molecular weight is 609 g/mol. The van der Waals surface area contributed by atoms with E-state index in [0.29, 0.717) is 0 Å². The molecule has 0 radical (unpaired) electrons. The number of aliphatic hydroxyl groups excluding tert-OH is 3. The first-order chi connectivity index (χ1) is 20.1. The number of carbonyl (C=O) groups is 2. The molecule has 232 valence electrons. The molecule has 0 spiro atoms. The topological polar surface area (TPSA) is 274 Å². The van der Waals surface area contributed by atoms with E-state index in [1.165, 1.54) is 6.07 Å². The molecular weight excluding hydrogens is 580 g/mol. The number of carboxylic acid groups (broad SMARTS) is 1. The van der Waals surface area contributed by atoms with Crippen LogP contribution in [0.4, 0.5) is 0 Å². The normalized spacial score (nSPS) is 23.4. The summed E-state index contributed by atoms with van der Waals surface area (Å²) in [4.78, 5) is 36.0. The first kappa shape index (κ1) is 31.3. The highest BCUT2D eigenvalue weighted by Crippen LogP contribution is 2.43. The largest absolute Gasteiger partial charge is 0.504 e. The highest BCUT2D eigenvalue weighted by molar-refractivity contribution is 5.89. The van der Waals surface area contributed by atoms with Crippen LogP contribution in [0.1, 0.15) is 19.8 Å². The smallest absolute Gasteiger partial charge is 0.309 e. The number of phenolic OH excluding ortho intramolecular Hbond substituents is 4. The first-order valence-corrected chi connectivity index (χ1v) is 12.6. The highest BCUT2D eigenvalue weighted by Gasteiger charge is 2.48. The highest BCUT2D eigenvalue weighted by atomic mass is 16.7. The maximum absolute atomic E-state index is 12.7. The van der Waals surface area contributed by atoms with E-state index in [-0.39, 0.29) is 16.9 Å². The predicted octanol–water partition coefficient (Wildman–Crippen LogP) is -0.372. The molecule has 1 aliphatic heterocycles. The van der Waals surface area contributed by atoms with Crippen LogP contribution < -0.4 is 10.2 Å². The van der Waals surface area contributed by atoms with E-state index in [9.17, 15) is 55.2 Å². The van der Waals surface area contributed by atoms with Gasteiger partial charge in [-0.15, -0.1) is 0 Å². The van der Waals surface area contributed by atoms with Gasteiger partial charge in [0, 0.05) is 17.7 Å². The summed E-state index contributed by atoms with van der Waals surface area (Å²) in [7, 11) is 0. The van der Waals surface area contributed by atoms with Crippen molar-refractivity contribution in [3.05, 3.63) is 40.6 Å². The summed E-state index contributed by atoms with van der Waals surface area (Å²) >= 11 is 0. The Morgan fingerprint density at radius 2 is 1.67 bits per heavy atom. The Bertz CT molecular complexity index is 1590. The lowest BCUT2D eigenvalue weighted by atomic mass is 9.97. The predicted molar refractivity (Wildman–Crippen MR) is 140 cm³/mol. The van der Waals surface area contributed by atoms with Crippen LogP contribution in [0.5, 0.6) is 28.7 Å². The number of ether oxygens (including phenoxy) is 3. The van der Waals surface area contributed by atoms with Gasteiger partial charge in [-0.2, -0.15) is 0 Å². The molecule has 1 unspecified atom stereocenters. The summed E-state index contributed by atoms with van der Waals surface area (Å²) in [6.45, 7) is 0.184. The lowest BCUT2D eigenvalue weighted by Crippen LogP contribution is -2.61. The van der Waals surface area contributed by atoms with E-state index in [2.05, 4.69) is 0 Å². The maximum atomic E-state index is 12.7. The number of aromatic hydroxyl groups is 4. The van der Waals surface area contributed by atoms with Crippen molar-refractivity contribution in [1.29, 1.82) is 0 Å². The molecule has 1 fully saturated rings. The summed E-state index contributed by atoms with van der Waals surface area (Å²) in [6.07, 6.45) is -10.7. The Hall–Kier alpha value is -4.61. The monoisotopic (exact) mass is 608 g/mol. The fourth-order valence-corrected chi connectivity index (χ4v) is 4.49. The number of esters is 1. The van der Waals surface area contributed by atoms with Gasteiger partial charge in [-0.25, -0.2) is 0 Å². The first-order valence-electron chi connectivity index (χ1n) is 12.6. The minimum atomic E-state index is -2.00. The molecule has 4 rings (SSSR count). The molecule has 6 atom stereocenters. The van der Waals surface area contributed by atoms with Crippen molar-refractivity contribution in [3.8, 4) is 40.1 Å². The molecule has 1 saturated heterocycles. The van der Waals surface area contributed by atoms with Gasteiger partial charge in [0.15, 0.2) is 34.5 Å². The molecule has 0 aliphatic carbocycles. The number of aliphatic hydroxyl groups is 4. The van der Waals surface area contributed by atoms with Crippen LogP contribution in [0.15, 0.2) is 39.5 Å². The van der Waals surface area contributed by atoms with Crippen molar-refractivity contribution in [2.24, 2.45) is 0 Å². The van der Waals surface area contributed by atoms with E-state index < -0.39 is 107 Å². The van der Waals surface area contributed by atoms with Crippen molar-refractivity contribution >= 4 is 22.9 Å². The molecule has 9 N–H and O–H groups in total. The molecule has 1 aliphatic rings. The molecule has 2 heterocycles. The third-order valence-electron chi connectivity index (χ3n) is 6.58. The quantitative estimate of drug-likeness (QED) is 0.111. The van der Waals surface area contributed by atoms with E-state index in [1.54, 1.807) is 0 Å². The molecule has 2 aromatic carbocycles. The summed E-state index contributed by atoms with van der Waals surface area (Å²) < 4.78 is 21.6. The van der Waals surface area contributed by atoms with Crippen molar-refractivity contribution in [2.75, 3.05) is 6.61 Å². The number of hydrogen-bond acceptors (Lipinski definition) is 15. The number of rotatable bonds is 9. The molecular formula is C27H28O16. The number of carboxylic acids is 1. The second kappa shape index (κ2) is 11.9. The van der Waals surface area contributed by atoms with Crippen molar-refractivity contribution in [2.45, 2.75) is 56.1 Å². The third kappa shape index (κ3) is 6.58. The third-order valence-corrected chi connectivity index (χ3v) is 6.58.